The number of hydrogen-bond acceptors (Lipinski definition) is 4. The molecule has 2 atom stereocenters. The highest BCUT2D eigenvalue weighted by Gasteiger charge is 2.52. The molecule has 8 heteroatoms. The van der Waals surface area contributed by atoms with Gasteiger partial charge in [0.1, 0.15) is 0 Å². The van der Waals surface area contributed by atoms with Crippen molar-refractivity contribution in [1.82, 2.24) is 9.88 Å². The number of alkyl halides is 3. The second-order valence-corrected chi connectivity index (χ2v) is 6.32. The Labute approximate surface area is 118 Å². The van der Waals surface area contributed by atoms with Crippen LogP contribution in [0, 0.1) is 25.7 Å². The maximum Gasteiger partial charge on any atom is 0.393 e. The summed E-state index contributed by atoms with van der Waals surface area (Å²) in [6.07, 6.45) is -4.48. The molecule has 0 spiro atoms. The largest absolute Gasteiger partial charge is 0.481 e. The topological polar surface area (TPSA) is 53.4 Å². The number of carboxylic acid groups (broad SMARTS) is 1. The van der Waals surface area contributed by atoms with Crippen LogP contribution in [0.3, 0.4) is 0 Å². The van der Waals surface area contributed by atoms with Crippen molar-refractivity contribution in [2.45, 2.75) is 26.6 Å². The first kappa shape index (κ1) is 15.2. The zero-order valence-electron chi connectivity index (χ0n) is 11.1. The van der Waals surface area contributed by atoms with E-state index in [0.29, 0.717) is 6.54 Å². The van der Waals surface area contributed by atoms with Gasteiger partial charge in [0.15, 0.2) is 0 Å². The summed E-state index contributed by atoms with van der Waals surface area (Å²) in [6, 6.07) is 0. The molecular formula is C12H15F3N2O2S. The molecule has 1 N–H and O–H groups in total. The van der Waals surface area contributed by atoms with E-state index in [0.717, 1.165) is 15.6 Å². The molecule has 0 saturated carbocycles. The van der Waals surface area contributed by atoms with Crippen LogP contribution in [0.5, 0.6) is 0 Å². The van der Waals surface area contributed by atoms with Gasteiger partial charge in [0.2, 0.25) is 0 Å². The molecule has 1 saturated heterocycles. The van der Waals surface area contributed by atoms with Crippen LogP contribution >= 0.6 is 11.3 Å². The zero-order valence-corrected chi connectivity index (χ0v) is 11.9. The van der Waals surface area contributed by atoms with Crippen molar-refractivity contribution in [1.29, 1.82) is 0 Å². The maximum atomic E-state index is 12.9. The van der Waals surface area contributed by atoms with Crippen LogP contribution < -0.4 is 0 Å². The predicted octanol–water partition coefficient (Wildman–Crippen LogP) is 2.45. The van der Waals surface area contributed by atoms with Crippen molar-refractivity contribution in [3.8, 4) is 0 Å². The minimum atomic E-state index is -4.48. The minimum Gasteiger partial charge on any atom is -0.481 e. The van der Waals surface area contributed by atoms with Crippen molar-refractivity contribution < 1.29 is 23.1 Å². The fourth-order valence-corrected chi connectivity index (χ4v) is 3.50. The molecule has 0 amide bonds. The van der Waals surface area contributed by atoms with Crippen LogP contribution in [-0.4, -0.2) is 40.2 Å². The molecule has 20 heavy (non-hydrogen) atoms. The minimum absolute atomic E-state index is 0.0735. The van der Waals surface area contributed by atoms with E-state index in [4.69, 9.17) is 5.11 Å². The highest BCUT2D eigenvalue weighted by Crippen LogP contribution is 2.38. The summed E-state index contributed by atoms with van der Waals surface area (Å²) in [5.74, 6) is -4.56. The Morgan fingerprint density at radius 3 is 2.50 bits per heavy atom. The molecule has 1 aliphatic heterocycles. The van der Waals surface area contributed by atoms with Crippen LogP contribution in [0.15, 0.2) is 0 Å². The Balaban J connectivity index is 2.12. The van der Waals surface area contributed by atoms with Gasteiger partial charge in [-0.15, -0.1) is 11.3 Å². The summed E-state index contributed by atoms with van der Waals surface area (Å²) in [7, 11) is 0. The van der Waals surface area contributed by atoms with Crippen LogP contribution in [-0.2, 0) is 11.3 Å². The molecule has 1 fully saturated rings. The van der Waals surface area contributed by atoms with Crippen LogP contribution in [0.2, 0.25) is 0 Å². The van der Waals surface area contributed by atoms with E-state index in [1.165, 1.54) is 11.3 Å². The monoisotopic (exact) mass is 308 g/mol. The number of thiazole rings is 1. The Morgan fingerprint density at radius 1 is 1.45 bits per heavy atom. The number of nitrogens with zero attached hydrogens (tertiary/aromatic N) is 2. The number of aromatic nitrogens is 1. The molecule has 0 bridgehead atoms. The van der Waals surface area contributed by atoms with Gasteiger partial charge in [0, 0.05) is 24.5 Å². The van der Waals surface area contributed by atoms with Gasteiger partial charge in [-0.2, -0.15) is 13.2 Å². The van der Waals surface area contributed by atoms with E-state index in [1.54, 1.807) is 4.90 Å². The number of carboxylic acids is 1. The van der Waals surface area contributed by atoms with E-state index in [1.807, 2.05) is 13.8 Å². The molecule has 1 aromatic heterocycles. The Hall–Kier alpha value is -1.15. The molecule has 2 rings (SSSR count). The van der Waals surface area contributed by atoms with Crippen LogP contribution in [0.1, 0.15) is 15.6 Å². The molecular weight excluding hydrogens is 293 g/mol. The fraction of sp³-hybridized carbons (Fsp3) is 0.667. The average Bonchev–Trinajstić information content (AvgIpc) is 2.83. The molecule has 0 aromatic carbocycles. The summed E-state index contributed by atoms with van der Waals surface area (Å²) < 4.78 is 38.6. The van der Waals surface area contributed by atoms with E-state index in [2.05, 4.69) is 4.98 Å². The summed E-state index contributed by atoms with van der Waals surface area (Å²) in [6.45, 7) is 3.63. The molecule has 1 aromatic rings. The highest BCUT2D eigenvalue weighted by molar-refractivity contribution is 7.11. The SMILES string of the molecule is Cc1nc(C)c(CN2C[C@@H](C(F)(F)F)[C@H](C(=O)O)C2)s1. The van der Waals surface area contributed by atoms with Crippen molar-refractivity contribution in [2.24, 2.45) is 11.8 Å². The number of rotatable bonds is 3. The highest BCUT2D eigenvalue weighted by atomic mass is 32.1. The van der Waals surface area contributed by atoms with Gasteiger partial charge in [-0.05, 0) is 13.8 Å². The molecule has 4 nitrogen and oxygen atoms in total. The van der Waals surface area contributed by atoms with E-state index >= 15 is 0 Å². The van der Waals surface area contributed by atoms with Gasteiger partial charge in [-0.3, -0.25) is 9.69 Å². The number of carbonyl (C=O) groups is 1. The standard InChI is InChI=1S/C12H15F3N2O2S/c1-6-10(20-7(2)16-6)5-17-3-8(11(18)19)9(4-17)12(13,14)15/h8-9H,3-5H2,1-2H3,(H,18,19)/t8-,9-/m1/s1. The van der Waals surface area contributed by atoms with E-state index in [-0.39, 0.29) is 13.1 Å². The lowest BCUT2D eigenvalue weighted by Crippen LogP contribution is -2.33. The van der Waals surface area contributed by atoms with Gasteiger partial charge in [0.25, 0.3) is 0 Å². The number of halogens is 3. The van der Waals surface area contributed by atoms with E-state index in [9.17, 15) is 18.0 Å². The molecule has 0 radical (unpaired) electrons. The second-order valence-electron chi connectivity index (χ2n) is 5.03. The van der Waals surface area contributed by atoms with Gasteiger partial charge >= 0.3 is 12.1 Å². The van der Waals surface area contributed by atoms with Crippen LogP contribution in [0.4, 0.5) is 13.2 Å². The molecule has 112 valence electrons. The normalized spacial score (nSPS) is 24.2. The van der Waals surface area contributed by atoms with Gasteiger partial charge in [-0.1, -0.05) is 0 Å². The summed E-state index contributed by atoms with van der Waals surface area (Å²) in [5, 5.41) is 9.81. The predicted molar refractivity (Wildman–Crippen MR) is 67.5 cm³/mol. The van der Waals surface area contributed by atoms with Gasteiger partial charge in [0.05, 0.1) is 22.5 Å². The summed E-state index contributed by atoms with van der Waals surface area (Å²) in [5.41, 5.74) is 0.801. The van der Waals surface area contributed by atoms with Gasteiger partial charge < -0.3 is 5.11 Å². The van der Waals surface area contributed by atoms with Crippen LogP contribution in [0.25, 0.3) is 0 Å². The Kier molecular flexibility index (Phi) is 4.06. The summed E-state index contributed by atoms with van der Waals surface area (Å²) >= 11 is 1.44. The average molecular weight is 308 g/mol. The first-order valence-electron chi connectivity index (χ1n) is 6.13. The smallest absolute Gasteiger partial charge is 0.393 e. The number of aliphatic carboxylic acids is 1. The third-order valence-electron chi connectivity index (χ3n) is 3.50. The first-order chi connectivity index (χ1) is 9.18. The van der Waals surface area contributed by atoms with Crippen molar-refractivity contribution in [3.05, 3.63) is 15.6 Å². The first-order valence-corrected chi connectivity index (χ1v) is 6.95. The van der Waals surface area contributed by atoms with Crippen molar-refractivity contribution in [3.63, 3.8) is 0 Å². The Bertz CT molecular complexity index is 515. The molecule has 0 unspecified atom stereocenters. The molecule has 2 heterocycles. The zero-order chi connectivity index (χ0) is 15.1. The quantitative estimate of drug-likeness (QED) is 0.932. The lowest BCUT2D eigenvalue weighted by atomic mass is 9.96. The Morgan fingerprint density at radius 2 is 2.10 bits per heavy atom. The maximum absolute atomic E-state index is 12.9. The second kappa shape index (κ2) is 5.33. The number of likely N-dealkylation sites (tertiary alicyclic amines) is 1. The lowest BCUT2D eigenvalue weighted by Gasteiger charge is -2.18. The van der Waals surface area contributed by atoms with E-state index < -0.39 is 24.0 Å². The fourth-order valence-electron chi connectivity index (χ4n) is 2.52. The number of aryl methyl sites for hydroxylation is 2. The third kappa shape index (κ3) is 3.12. The molecule has 1 aliphatic rings. The van der Waals surface area contributed by atoms with Crippen molar-refractivity contribution >= 4 is 17.3 Å². The summed E-state index contributed by atoms with van der Waals surface area (Å²) in [4.78, 5) is 17.7. The lowest BCUT2D eigenvalue weighted by molar-refractivity contribution is -0.188. The third-order valence-corrected chi connectivity index (χ3v) is 4.56. The molecule has 0 aliphatic carbocycles. The number of hydrogen-bond donors (Lipinski definition) is 1. The van der Waals surface area contributed by atoms with Gasteiger partial charge in [-0.25, -0.2) is 4.98 Å². The van der Waals surface area contributed by atoms with Crippen molar-refractivity contribution in [2.75, 3.05) is 13.1 Å².